The molecule has 0 atom stereocenters. The van der Waals surface area contributed by atoms with Gasteiger partial charge >= 0.3 is 5.97 Å². The van der Waals surface area contributed by atoms with Crippen molar-refractivity contribution < 1.29 is 9.53 Å². The molecule has 2 aromatic carbocycles. The van der Waals surface area contributed by atoms with Gasteiger partial charge in [-0.25, -0.2) is 14.8 Å². The summed E-state index contributed by atoms with van der Waals surface area (Å²) in [5, 5.41) is 0. The van der Waals surface area contributed by atoms with Gasteiger partial charge < -0.3 is 10.5 Å². The van der Waals surface area contributed by atoms with Crippen LogP contribution in [0.1, 0.15) is 62.4 Å². The van der Waals surface area contributed by atoms with Gasteiger partial charge in [0.15, 0.2) is 5.65 Å². The number of carbonyl (C=O) groups excluding carboxylic acids is 1. The molecule has 172 valence electrons. The fourth-order valence-corrected chi connectivity index (χ4v) is 4.11. The maximum absolute atomic E-state index is 13.2. The van der Waals surface area contributed by atoms with Crippen LogP contribution in [0.5, 0.6) is 0 Å². The summed E-state index contributed by atoms with van der Waals surface area (Å²) in [6, 6.07) is 15.9. The van der Waals surface area contributed by atoms with Crippen LogP contribution in [0.3, 0.4) is 0 Å². The van der Waals surface area contributed by atoms with Gasteiger partial charge in [0.1, 0.15) is 16.9 Å². The molecule has 0 saturated heterocycles. The van der Waals surface area contributed by atoms with E-state index in [1.165, 1.54) is 5.56 Å². The number of benzene rings is 2. The van der Waals surface area contributed by atoms with Gasteiger partial charge in [-0.3, -0.25) is 4.57 Å². The first kappa shape index (κ1) is 22.8. The number of esters is 1. The first-order valence-corrected chi connectivity index (χ1v) is 11.9. The van der Waals surface area contributed by atoms with Crippen molar-refractivity contribution in [2.45, 2.75) is 52.9 Å². The number of para-hydroxylation sites is 2. The lowest BCUT2D eigenvalue weighted by Crippen LogP contribution is -2.15. The van der Waals surface area contributed by atoms with Crippen LogP contribution in [0.25, 0.3) is 27.9 Å². The lowest BCUT2D eigenvalue weighted by Gasteiger charge is -2.12. The Hall–Kier alpha value is -3.41. The van der Waals surface area contributed by atoms with Crippen LogP contribution in [-0.2, 0) is 11.2 Å². The monoisotopic (exact) mass is 444 g/mol. The van der Waals surface area contributed by atoms with Crippen LogP contribution in [0.4, 0.5) is 5.82 Å². The molecule has 6 heteroatoms. The Bertz CT molecular complexity index is 1260. The SMILES string of the molecule is CCCCc1ccc(-n2c(N)c(C(=O)OCC(CC)CC)c3nc4ccccc4nc32)cc1. The summed E-state index contributed by atoms with van der Waals surface area (Å²) in [5.74, 6) is 0.176. The molecule has 0 saturated carbocycles. The Morgan fingerprint density at radius 3 is 2.30 bits per heavy atom. The van der Waals surface area contributed by atoms with Crippen LogP contribution in [-0.4, -0.2) is 27.1 Å². The van der Waals surface area contributed by atoms with Crippen molar-refractivity contribution in [3.8, 4) is 5.69 Å². The topological polar surface area (TPSA) is 83.0 Å². The minimum atomic E-state index is -0.452. The van der Waals surface area contributed by atoms with E-state index in [4.69, 9.17) is 20.4 Å². The fraction of sp³-hybridized carbons (Fsp3) is 0.370. The molecule has 0 bridgehead atoms. The molecule has 6 nitrogen and oxygen atoms in total. The fourth-order valence-electron chi connectivity index (χ4n) is 4.11. The third-order valence-electron chi connectivity index (χ3n) is 6.32. The van der Waals surface area contributed by atoms with E-state index in [0.717, 1.165) is 43.3 Å². The zero-order chi connectivity index (χ0) is 23.4. The van der Waals surface area contributed by atoms with E-state index in [1.54, 1.807) is 0 Å². The zero-order valence-corrected chi connectivity index (χ0v) is 19.7. The number of nitrogens with two attached hydrogens (primary N) is 1. The third-order valence-corrected chi connectivity index (χ3v) is 6.32. The average Bonchev–Trinajstić information content (AvgIpc) is 3.12. The molecule has 2 N–H and O–H groups in total. The highest BCUT2D eigenvalue weighted by atomic mass is 16.5. The third kappa shape index (κ3) is 4.56. The van der Waals surface area contributed by atoms with Crippen molar-refractivity contribution in [3.05, 3.63) is 59.7 Å². The van der Waals surface area contributed by atoms with Crippen molar-refractivity contribution in [2.75, 3.05) is 12.3 Å². The summed E-state index contributed by atoms with van der Waals surface area (Å²) < 4.78 is 7.50. The lowest BCUT2D eigenvalue weighted by molar-refractivity contribution is 0.0436. The number of unbranched alkanes of at least 4 members (excludes halogenated alkanes) is 1. The van der Waals surface area contributed by atoms with E-state index in [9.17, 15) is 4.79 Å². The Morgan fingerprint density at radius 1 is 1.00 bits per heavy atom. The van der Waals surface area contributed by atoms with E-state index >= 15 is 0 Å². The number of hydrogen-bond acceptors (Lipinski definition) is 5. The average molecular weight is 445 g/mol. The second-order valence-corrected chi connectivity index (χ2v) is 8.53. The predicted octanol–water partition coefficient (Wildman–Crippen LogP) is 6.09. The predicted molar refractivity (Wildman–Crippen MR) is 134 cm³/mol. The summed E-state index contributed by atoms with van der Waals surface area (Å²) >= 11 is 0. The van der Waals surface area contributed by atoms with Gasteiger partial charge in [-0.1, -0.05) is 64.3 Å². The minimum absolute atomic E-state index is 0.282. The minimum Gasteiger partial charge on any atom is -0.462 e. The molecular formula is C27H32N4O2. The van der Waals surface area contributed by atoms with Crippen LogP contribution in [0.15, 0.2) is 48.5 Å². The second kappa shape index (κ2) is 10.0. The molecular weight excluding hydrogens is 412 g/mol. The molecule has 0 unspecified atom stereocenters. The van der Waals surface area contributed by atoms with Gasteiger partial charge in [-0.15, -0.1) is 0 Å². The van der Waals surface area contributed by atoms with Gasteiger partial charge in [-0.05, 0) is 48.6 Å². The molecule has 33 heavy (non-hydrogen) atoms. The molecule has 0 fully saturated rings. The quantitative estimate of drug-likeness (QED) is 0.316. The van der Waals surface area contributed by atoms with E-state index in [2.05, 4.69) is 32.9 Å². The molecule has 0 amide bonds. The summed E-state index contributed by atoms with van der Waals surface area (Å²) in [6.07, 6.45) is 5.25. The van der Waals surface area contributed by atoms with Gasteiger partial charge in [-0.2, -0.15) is 0 Å². The van der Waals surface area contributed by atoms with E-state index in [1.807, 2.05) is 41.0 Å². The number of anilines is 1. The van der Waals surface area contributed by atoms with E-state index < -0.39 is 5.97 Å². The summed E-state index contributed by atoms with van der Waals surface area (Å²) in [7, 11) is 0. The number of carbonyl (C=O) groups is 1. The summed E-state index contributed by atoms with van der Waals surface area (Å²) in [4.78, 5) is 22.8. The number of nitrogen functional groups attached to an aromatic ring is 1. The number of aryl methyl sites for hydroxylation is 1. The van der Waals surface area contributed by atoms with Gasteiger partial charge in [0.2, 0.25) is 0 Å². The smallest absolute Gasteiger partial charge is 0.344 e. The summed E-state index contributed by atoms with van der Waals surface area (Å²) in [6.45, 7) is 6.76. The Balaban J connectivity index is 1.83. The molecule has 4 rings (SSSR count). The highest BCUT2D eigenvalue weighted by Crippen LogP contribution is 2.32. The number of ether oxygens (including phenoxy) is 1. The lowest BCUT2D eigenvalue weighted by atomic mass is 10.1. The first-order chi connectivity index (χ1) is 16.1. The molecule has 0 aliphatic rings. The van der Waals surface area contributed by atoms with Crippen molar-refractivity contribution >= 4 is 34.0 Å². The second-order valence-electron chi connectivity index (χ2n) is 8.53. The van der Waals surface area contributed by atoms with Gasteiger partial charge in [0, 0.05) is 5.69 Å². The van der Waals surface area contributed by atoms with Crippen molar-refractivity contribution in [1.82, 2.24) is 14.5 Å². The number of aromatic nitrogens is 3. The van der Waals surface area contributed by atoms with E-state index in [-0.39, 0.29) is 5.56 Å². The number of nitrogens with zero attached hydrogens (tertiary/aromatic N) is 3. The maximum atomic E-state index is 13.2. The number of hydrogen-bond donors (Lipinski definition) is 1. The molecule has 0 spiro atoms. The molecule has 4 aromatic rings. The highest BCUT2D eigenvalue weighted by molar-refractivity contribution is 6.09. The Morgan fingerprint density at radius 2 is 1.67 bits per heavy atom. The van der Waals surface area contributed by atoms with Crippen LogP contribution in [0, 0.1) is 5.92 Å². The van der Waals surface area contributed by atoms with Crippen molar-refractivity contribution in [3.63, 3.8) is 0 Å². The molecule has 2 heterocycles. The molecule has 0 aliphatic heterocycles. The van der Waals surface area contributed by atoms with Crippen molar-refractivity contribution in [2.24, 2.45) is 5.92 Å². The number of fused-ring (bicyclic) bond motifs is 2. The van der Waals surface area contributed by atoms with Crippen LogP contribution >= 0.6 is 0 Å². The van der Waals surface area contributed by atoms with Gasteiger partial charge in [0.05, 0.1) is 17.6 Å². The normalized spacial score (nSPS) is 11.5. The molecule has 0 radical (unpaired) electrons. The molecule has 0 aliphatic carbocycles. The Kier molecular flexibility index (Phi) is 6.92. The van der Waals surface area contributed by atoms with E-state index in [0.29, 0.717) is 35.0 Å². The van der Waals surface area contributed by atoms with Crippen LogP contribution < -0.4 is 5.73 Å². The van der Waals surface area contributed by atoms with Crippen LogP contribution in [0.2, 0.25) is 0 Å². The van der Waals surface area contributed by atoms with Crippen molar-refractivity contribution in [1.29, 1.82) is 0 Å². The first-order valence-electron chi connectivity index (χ1n) is 11.9. The largest absolute Gasteiger partial charge is 0.462 e. The Labute approximate surface area is 194 Å². The highest BCUT2D eigenvalue weighted by Gasteiger charge is 2.26. The van der Waals surface area contributed by atoms with Gasteiger partial charge in [0.25, 0.3) is 0 Å². The molecule has 2 aromatic heterocycles. The zero-order valence-electron chi connectivity index (χ0n) is 19.7. The maximum Gasteiger partial charge on any atom is 0.344 e. The standard InChI is InChI=1S/C27H32N4O2/c1-4-7-10-19-13-15-20(16-14-19)31-25(28)23(27(32)33-17-18(5-2)6-3)24-26(31)30-22-12-9-8-11-21(22)29-24/h8-9,11-16,18H,4-7,10,17,28H2,1-3H3. The summed E-state index contributed by atoms with van der Waals surface area (Å²) in [5.41, 5.74) is 11.5. The number of rotatable bonds is 9.